The number of nitrogens with one attached hydrogen (secondary N) is 1. The van der Waals surface area contributed by atoms with E-state index in [1.54, 1.807) is 18.6 Å². The highest BCUT2D eigenvalue weighted by atomic mass is 16.2. The third kappa shape index (κ3) is 3.32. The molecule has 0 unspecified atom stereocenters. The largest absolute Gasteiger partial charge is 0.342 e. The molecule has 2 aromatic rings. The van der Waals surface area contributed by atoms with Crippen LogP contribution < -0.4 is 0 Å². The van der Waals surface area contributed by atoms with Crippen LogP contribution in [-0.2, 0) is 11.2 Å². The number of aromatic nitrogens is 4. The van der Waals surface area contributed by atoms with Crippen molar-refractivity contribution >= 4 is 5.91 Å². The maximum Gasteiger partial charge on any atom is 0.227 e. The van der Waals surface area contributed by atoms with Gasteiger partial charge in [0.05, 0.1) is 17.6 Å². The summed E-state index contributed by atoms with van der Waals surface area (Å²) in [6, 6.07) is 0. The van der Waals surface area contributed by atoms with Crippen molar-refractivity contribution in [2.24, 2.45) is 11.3 Å². The van der Waals surface area contributed by atoms with Crippen LogP contribution in [0, 0.1) is 18.3 Å². The number of carbonyl (C=O) groups is 1. The zero-order valence-corrected chi connectivity index (χ0v) is 14.8. The molecule has 1 aliphatic rings. The second-order valence-corrected chi connectivity index (χ2v) is 7.62. The second kappa shape index (κ2) is 6.34. The van der Waals surface area contributed by atoms with E-state index in [4.69, 9.17) is 0 Å². The summed E-state index contributed by atoms with van der Waals surface area (Å²) in [6.45, 7) is 9.55. The van der Waals surface area contributed by atoms with Crippen molar-refractivity contribution in [2.75, 3.05) is 13.1 Å². The van der Waals surface area contributed by atoms with Gasteiger partial charge in [-0.2, -0.15) is 5.10 Å². The maximum atomic E-state index is 12.4. The van der Waals surface area contributed by atoms with Crippen molar-refractivity contribution in [2.45, 2.75) is 40.5 Å². The molecule has 0 bridgehead atoms. The highest BCUT2D eigenvalue weighted by Crippen LogP contribution is 2.28. The van der Waals surface area contributed by atoms with E-state index in [1.165, 1.54) is 0 Å². The molecule has 0 aliphatic carbocycles. The molecule has 0 saturated carbocycles. The first-order chi connectivity index (χ1) is 11.4. The highest BCUT2D eigenvalue weighted by molar-refractivity contribution is 5.81. The molecule has 1 fully saturated rings. The van der Waals surface area contributed by atoms with Gasteiger partial charge in [0.2, 0.25) is 5.91 Å². The molecule has 0 radical (unpaired) electrons. The number of aryl methyl sites for hydroxylation is 1. The first kappa shape index (κ1) is 16.6. The van der Waals surface area contributed by atoms with Crippen molar-refractivity contribution in [3.8, 4) is 11.3 Å². The Morgan fingerprint density at radius 2 is 2.08 bits per heavy atom. The lowest BCUT2D eigenvalue weighted by Crippen LogP contribution is -2.38. The SMILES string of the molecule is Cc1[nH]ncc1-c1nccnc1C[C@H]1CCN(C(=O)C(C)(C)C)C1. The van der Waals surface area contributed by atoms with Gasteiger partial charge in [0.15, 0.2) is 0 Å². The van der Waals surface area contributed by atoms with Crippen LogP contribution in [0.25, 0.3) is 11.3 Å². The number of carbonyl (C=O) groups excluding carboxylic acids is 1. The normalized spacial score (nSPS) is 18.2. The van der Waals surface area contributed by atoms with Gasteiger partial charge in [-0.25, -0.2) is 0 Å². The van der Waals surface area contributed by atoms with Gasteiger partial charge in [-0.1, -0.05) is 20.8 Å². The van der Waals surface area contributed by atoms with Gasteiger partial charge in [0.1, 0.15) is 0 Å². The van der Waals surface area contributed by atoms with Crippen LogP contribution in [0.2, 0.25) is 0 Å². The van der Waals surface area contributed by atoms with Gasteiger partial charge in [-0.15, -0.1) is 0 Å². The molecule has 24 heavy (non-hydrogen) atoms. The molecule has 6 nitrogen and oxygen atoms in total. The standard InChI is InChI=1S/C18H25N5O/c1-12-14(10-21-22-12)16-15(19-6-7-20-16)9-13-5-8-23(11-13)17(24)18(2,3)4/h6-7,10,13H,5,8-9,11H2,1-4H3,(H,21,22)/t13-/m1/s1. The minimum absolute atomic E-state index is 0.232. The Morgan fingerprint density at radius 1 is 1.33 bits per heavy atom. The van der Waals surface area contributed by atoms with Gasteiger partial charge in [0, 0.05) is 42.2 Å². The fourth-order valence-corrected chi connectivity index (χ4v) is 3.26. The summed E-state index contributed by atoms with van der Waals surface area (Å²) in [5.74, 6) is 0.661. The van der Waals surface area contributed by atoms with E-state index in [2.05, 4.69) is 20.2 Å². The Labute approximate surface area is 142 Å². The molecule has 1 N–H and O–H groups in total. The fourth-order valence-electron chi connectivity index (χ4n) is 3.26. The van der Waals surface area contributed by atoms with Crippen molar-refractivity contribution in [3.63, 3.8) is 0 Å². The summed E-state index contributed by atoms with van der Waals surface area (Å²) in [7, 11) is 0. The lowest BCUT2D eigenvalue weighted by Gasteiger charge is -2.25. The fraction of sp³-hybridized carbons (Fsp3) is 0.556. The Bertz CT molecular complexity index is 731. The molecule has 1 amide bonds. The number of nitrogens with zero attached hydrogens (tertiary/aromatic N) is 4. The van der Waals surface area contributed by atoms with Crippen LogP contribution in [0.1, 0.15) is 38.6 Å². The molecule has 2 aromatic heterocycles. The average molecular weight is 327 g/mol. The molecule has 0 aromatic carbocycles. The molecular weight excluding hydrogens is 302 g/mol. The van der Waals surface area contributed by atoms with Crippen molar-refractivity contribution < 1.29 is 4.79 Å². The van der Waals surface area contributed by atoms with E-state index in [9.17, 15) is 4.79 Å². The van der Waals surface area contributed by atoms with Crippen molar-refractivity contribution in [1.82, 2.24) is 25.1 Å². The molecule has 128 valence electrons. The Hall–Kier alpha value is -2.24. The number of hydrogen-bond donors (Lipinski definition) is 1. The van der Waals surface area contributed by atoms with Gasteiger partial charge in [-0.05, 0) is 25.7 Å². The molecule has 0 spiro atoms. The monoisotopic (exact) mass is 327 g/mol. The predicted molar refractivity (Wildman–Crippen MR) is 92.2 cm³/mol. The summed E-state index contributed by atoms with van der Waals surface area (Å²) >= 11 is 0. The Balaban J connectivity index is 1.75. The van der Waals surface area contributed by atoms with Crippen LogP contribution in [0.4, 0.5) is 0 Å². The summed E-state index contributed by atoms with van der Waals surface area (Å²) in [4.78, 5) is 23.5. The zero-order valence-electron chi connectivity index (χ0n) is 14.8. The molecule has 1 aliphatic heterocycles. The number of hydrogen-bond acceptors (Lipinski definition) is 4. The Morgan fingerprint density at radius 3 is 2.75 bits per heavy atom. The van der Waals surface area contributed by atoms with E-state index in [-0.39, 0.29) is 11.3 Å². The quantitative estimate of drug-likeness (QED) is 0.940. The minimum atomic E-state index is -0.319. The van der Waals surface area contributed by atoms with Crippen LogP contribution >= 0.6 is 0 Å². The predicted octanol–water partition coefficient (Wildman–Crippen LogP) is 2.61. The van der Waals surface area contributed by atoms with Gasteiger partial charge < -0.3 is 4.90 Å². The van der Waals surface area contributed by atoms with Gasteiger partial charge in [-0.3, -0.25) is 19.9 Å². The van der Waals surface area contributed by atoms with Crippen molar-refractivity contribution in [3.05, 3.63) is 30.0 Å². The maximum absolute atomic E-state index is 12.4. The van der Waals surface area contributed by atoms with Gasteiger partial charge >= 0.3 is 0 Å². The van der Waals surface area contributed by atoms with E-state index in [1.807, 2.05) is 32.6 Å². The summed E-state index contributed by atoms with van der Waals surface area (Å²) in [6.07, 6.45) is 7.10. The van der Waals surface area contributed by atoms with Crippen molar-refractivity contribution in [1.29, 1.82) is 0 Å². The van der Waals surface area contributed by atoms with E-state index >= 15 is 0 Å². The van der Waals surface area contributed by atoms with Crippen LogP contribution in [0.3, 0.4) is 0 Å². The molecular formula is C18H25N5O. The second-order valence-electron chi connectivity index (χ2n) is 7.62. The third-order valence-electron chi connectivity index (χ3n) is 4.56. The molecule has 3 heterocycles. The summed E-state index contributed by atoms with van der Waals surface area (Å²) in [5, 5.41) is 7.04. The number of H-pyrrole nitrogens is 1. The first-order valence-corrected chi connectivity index (χ1v) is 8.46. The number of aromatic amines is 1. The van der Waals surface area contributed by atoms with Crippen LogP contribution in [0.5, 0.6) is 0 Å². The highest BCUT2D eigenvalue weighted by Gasteiger charge is 2.33. The van der Waals surface area contributed by atoms with Crippen LogP contribution in [0.15, 0.2) is 18.6 Å². The molecule has 3 rings (SSSR count). The van der Waals surface area contributed by atoms with Crippen LogP contribution in [-0.4, -0.2) is 44.1 Å². The number of amides is 1. The van der Waals surface area contributed by atoms with E-state index < -0.39 is 0 Å². The van der Waals surface area contributed by atoms with E-state index in [0.29, 0.717) is 5.92 Å². The lowest BCUT2D eigenvalue weighted by molar-refractivity contribution is -0.138. The third-order valence-corrected chi connectivity index (χ3v) is 4.56. The lowest BCUT2D eigenvalue weighted by atomic mass is 9.95. The molecule has 1 saturated heterocycles. The zero-order chi connectivity index (χ0) is 17.3. The number of likely N-dealkylation sites (tertiary alicyclic amines) is 1. The van der Waals surface area contributed by atoms with Gasteiger partial charge in [0.25, 0.3) is 0 Å². The number of rotatable bonds is 3. The Kier molecular flexibility index (Phi) is 4.39. The topological polar surface area (TPSA) is 74.8 Å². The first-order valence-electron chi connectivity index (χ1n) is 8.46. The molecule has 6 heteroatoms. The van der Waals surface area contributed by atoms with E-state index in [0.717, 1.165) is 48.6 Å². The molecule has 1 atom stereocenters. The minimum Gasteiger partial charge on any atom is -0.342 e. The summed E-state index contributed by atoms with van der Waals surface area (Å²) in [5.41, 5.74) is 3.55. The average Bonchev–Trinajstić information content (AvgIpc) is 3.15. The summed E-state index contributed by atoms with van der Waals surface area (Å²) < 4.78 is 0. The smallest absolute Gasteiger partial charge is 0.227 e.